The monoisotopic (exact) mass is 525 g/mol. The minimum Gasteiger partial charge on any atom is -0.457 e. The Hall–Kier alpha value is -3.54. The number of fused-ring (bicyclic) bond motifs is 1. The first-order chi connectivity index (χ1) is 16.5. The molecule has 0 unspecified atom stereocenters. The maximum absolute atomic E-state index is 13.4. The molecule has 0 bridgehead atoms. The first kappa shape index (κ1) is 22.3. The number of anilines is 3. The maximum atomic E-state index is 13.4. The highest BCUT2D eigenvalue weighted by Crippen LogP contribution is 2.29. The predicted molar refractivity (Wildman–Crippen MR) is 132 cm³/mol. The van der Waals surface area contributed by atoms with Crippen LogP contribution in [0.15, 0.2) is 64.0 Å². The molecule has 1 aliphatic heterocycles. The van der Waals surface area contributed by atoms with Gasteiger partial charge in [0.25, 0.3) is 5.56 Å². The summed E-state index contributed by atoms with van der Waals surface area (Å²) in [4.78, 5) is 26.5. The molecule has 1 fully saturated rings. The largest absolute Gasteiger partial charge is 0.457 e. The average molecular weight is 526 g/mol. The zero-order valence-corrected chi connectivity index (χ0v) is 19.5. The van der Waals surface area contributed by atoms with Crippen LogP contribution in [0.4, 0.5) is 21.8 Å². The van der Waals surface area contributed by atoms with Crippen molar-refractivity contribution in [3.05, 3.63) is 75.4 Å². The zero-order chi connectivity index (χ0) is 23.7. The van der Waals surface area contributed by atoms with Crippen molar-refractivity contribution in [3.63, 3.8) is 0 Å². The Morgan fingerprint density at radius 1 is 1.18 bits per heavy atom. The van der Waals surface area contributed by atoms with E-state index in [1.165, 1.54) is 12.1 Å². The number of ether oxygens (including phenoxy) is 1. The molecule has 0 aliphatic carbocycles. The average Bonchev–Trinajstić information content (AvgIpc) is 2.80. The molecule has 4 aromatic rings. The van der Waals surface area contributed by atoms with Crippen molar-refractivity contribution < 1.29 is 9.13 Å². The molecule has 1 aliphatic rings. The number of nitrogens with zero attached hydrogens (tertiary/aromatic N) is 3. The van der Waals surface area contributed by atoms with Crippen molar-refractivity contribution in [1.29, 1.82) is 0 Å². The highest BCUT2D eigenvalue weighted by molar-refractivity contribution is 9.10. The molecule has 34 heavy (non-hydrogen) atoms. The van der Waals surface area contributed by atoms with Crippen LogP contribution in [0.5, 0.6) is 11.5 Å². The van der Waals surface area contributed by atoms with Gasteiger partial charge in [0, 0.05) is 37.7 Å². The van der Waals surface area contributed by atoms with Crippen LogP contribution >= 0.6 is 15.9 Å². The molecule has 9 nitrogen and oxygen atoms in total. The molecular formula is C23H21BrFN7O2. The molecule has 2 aromatic carbocycles. The summed E-state index contributed by atoms with van der Waals surface area (Å²) in [5, 5.41) is 6.84. The Kier molecular flexibility index (Phi) is 6.14. The van der Waals surface area contributed by atoms with Crippen LogP contribution in [0.25, 0.3) is 10.9 Å². The van der Waals surface area contributed by atoms with Gasteiger partial charge in [-0.2, -0.15) is 4.98 Å². The zero-order valence-electron chi connectivity index (χ0n) is 17.9. The standard InChI is InChI=1S/C23H21BrFN7O2/c24-18-9-27-22(33)19-20(18)30-23(29-15-10-32(11-15)12-26)31-21(19)28-14-4-6-16(7-5-14)34-17-3-1-2-13(25)8-17/h1-9,15H,10-12,26H2,(H,27,33)(H2,28,29,30,31). The quantitative estimate of drug-likeness (QED) is 0.287. The minimum absolute atomic E-state index is 0.175. The smallest absolute Gasteiger partial charge is 0.261 e. The van der Waals surface area contributed by atoms with E-state index in [0.717, 1.165) is 13.1 Å². The van der Waals surface area contributed by atoms with Gasteiger partial charge in [-0.1, -0.05) is 6.07 Å². The lowest BCUT2D eigenvalue weighted by atomic mass is 10.1. The number of nitrogens with one attached hydrogen (secondary N) is 3. The maximum Gasteiger partial charge on any atom is 0.261 e. The van der Waals surface area contributed by atoms with Gasteiger partial charge in [-0.25, -0.2) is 9.37 Å². The van der Waals surface area contributed by atoms with Crippen LogP contribution in [0, 0.1) is 5.82 Å². The van der Waals surface area contributed by atoms with E-state index in [0.29, 0.717) is 51.0 Å². The summed E-state index contributed by atoms with van der Waals surface area (Å²) in [6.45, 7) is 2.09. The van der Waals surface area contributed by atoms with E-state index in [9.17, 15) is 9.18 Å². The molecule has 5 rings (SSSR count). The molecule has 1 saturated heterocycles. The van der Waals surface area contributed by atoms with Crippen molar-refractivity contribution in [2.75, 3.05) is 30.4 Å². The lowest BCUT2D eigenvalue weighted by Gasteiger charge is -2.38. The fraction of sp³-hybridized carbons (Fsp3) is 0.174. The first-order valence-electron chi connectivity index (χ1n) is 10.6. The lowest BCUT2D eigenvalue weighted by Crippen LogP contribution is -2.56. The molecule has 174 valence electrons. The number of halogens is 2. The molecule has 2 aromatic heterocycles. The third kappa shape index (κ3) is 4.72. The molecule has 3 heterocycles. The third-order valence-corrected chi connectivity index (χ3v) is 5.99. The SMILES string of the molecule is NCN1CC(Nc2nc(Nc3ccc(Oc4cccc(F)c4)cc3)c3c(=O)[nH]cc(Br)c3n2)C1. The van der Waals surface area contributed by atoms with Gasteiger partial charge < -0.3 is 26.1 Å². The summed E-state index contributed by atoms with van der Waals surface area (Å²) in [6, 6.07) is 13.2. The summed E-state index contributed by atoms with van der Waals surface area (Å²) in [5.41, 5.74) is 6.53. The predicted octanol–water partition coefficient (Wildman–Crippen LogP) is 3.77. The van der Waals surface area contributed by atoms with Gasteiger partial charge in [-0.15, -0.1) is 0 Å². The van der Waals surface area contributed by atoms with E-state index >= 15 is 0 Å². The van der Waals surface area contributed by atoms with Gasteiger partial charge >= 0.3 is 0 Å². The second-order valence-corrected chi connectivity index (χ2v) is 8.71. The Bertz CT molecular complexity index is 1390. The van der Waals surface area contributed by atoms with Crippen LogP contribution in [0.2, 0.25) is 0 Å². The van der Waals surface area contributed by atoms with E-state index in [-0.39, 0.29) is 17.4 Å². The molecule has 5 N–H and O–H groups in total. The normalized spacial score (nSPS) is 14.1. The van der Waals surface area contributed by atoms with Gasteiger partial charge in [0.2, 0.25) is 5.95 Å². The molecule has 11 heteroatoms. The molecule has 0 atom stereocenters. The number of rotatable bonds is 7. The third-order valence-electron chi connectivity index (χ3n) is 5.39. The second kappa shape index (κ2) is 9.37. The molecule has 0 spiro atoms. The van der Waals surface area contributed by atoms with Gasteiger partial charge in [0.05, 0.1) is 16.0 Å². The lowest BCUT2D eigenvalue weighted by molar-refractivity contribution is 0.166. The topological polar surface area (TPSA) is 121 Å². The van der Waals surface area contributed by atoms with Gasteiger partial charge in [0.1, 0.15) is 28.5 Å². The Morgan fingerprint density at radius 3 is 2.71 bits per heavy atom. The Morgan fingerprint density at radius 2 is 1.97 bits per heavy atom. The molecule has 0 saturated carbocycles. The summed E-state index contributed by atoms with van der Waals surface area (Å²) in [5.74, 6) is 1.35. The first-order valence-corrected chi connectivity index (χ1v) is 11.4. The van der Waals surface area contributed by atoms with E-state index in [4.69, 9.17) is 10.5 Å². The van der Waals surface area contributed by atoms with Crippen LogP contribution < -0.4 is 26.7 Å². The van der Waals surface area contributed by atoms with Crippen LogP contribution in [0.1, 0.15) is 0 Å². The Balaban J connectivity index is 1.42. The summed E-state index contributed by atoms with van der Waals surface area (Å²) in [6.07, 6.45) is 1.56. The number of benzene rings is 2. The number of hydrogen-bond acceptors (Lipinski definition) is 8. The number of hydrogen-bond donors (Lipinski definition) is 4. The highest BCUT2D eigenvalue weighted by Gasteiger charge is 2.26. The number of H-pyrrole nitrogens is 1. The summed E-state index contributed by atoms with van der Waals surface area (Å²) < 4.78 is 19.7. The summed E-state index contributed by atoms with van der Waals surface area (Å²) >= 11 is 3.46. The number of likely N-dealkylation sites (tertiary alicyclic amines) is 1. The van der Waals surface area contributed by atoms with Crippen molar-refractivity contribution in [1.82, 2.24) is 19.9 Å². The van der Waals surface area contributed by atoms with Crippen LogP contribution in [0.3, 0.4) is 0 Å². The van der Waals surface area contributed by atoms with Gasteiger partial charge in [0.15, 0.2) is 0 Å². The van der Waals surface area contributed by atoms with E-state index in [1.54, 1.807) is 42.6 Å². The number of aromatic amines is 1. The summed E-state index contributed by atoms with van der Waals surface area (Å²) in [7, 11) is 0. The van der Waals surface area contributed by atoms with Crippen molar-refractivity contribution in [3.8, 4) is 11.5 Å². The van der Waals surface area contributed by atoms with Gasteiger partial charge in [-0.3, -0.25) is 9.69 Å². The number of pyridine rings is 1. The van der Waals surface area contributed by atoms with Crippen LogP contribution in [-0.2, 0) is 0 Å². The van der Waals surface area contributed by atoms with Crippen molar-refractivity contribution in [2.45, 2.75) is 6.04 Å². The van der Waals surface area contributed by atoms with E-state index in [1.807, 2.05) is 0 Å². The molecular weight excluding hydrogens is 505 g/mol. The fourth-order valence-electron chi connectivity index (χ4n) is 3.68. The molecule has 0 amide bonds. The van der Waals surface area contributed by atoms with E-state index < -0.39 is 0 Å². The number of nitrogens with two attached hydrogens (primary N) is 1. The van der Waals surface area contributed by atoms with Crippen molar-refractivity contribution >= 4 is 44.3 Å². The van der Waals surface area contributed by atoms with E-state index in [2.05, 4.69) is 46.4 Å². The van der Waals surface area contributed by atoms with Crippen molar-refractivity contribution in [2.24, 2.45) is 5.73 Å². The van der Waals surface area contributed by atoms with Crippen LogP contribution in [-0.4, -0.2) is 45.7 Å². The Labute approximate surface area is 202 Å². The molecule has 0 radical (unpaired) electrons. The second-order valence-electron chi connectivity index (χ2n) is 7.85. The highest BCUT2D eigenvalue weighted by atomic mass is 79.9. The van der Waals surface area contributed by atoms with Gasteiger partial charge in [-0.05, 0) is 52.3 Å². The minimum atomic E-state index is -0.371. The fourth-order valence-corrected chi connectivity index (χ4v) is 4.08. The number of aromatic nitrogens is 3.